The van der Waals surface area contributed by atoms with Gasteiger partial charge in [0, 0.05) is 17.5 Å². The predicted octanol–water partition coefficient (Wildman–Crippen LogP) is 4.36. The van der Waals surface area contributed by atoms with Crippen molar-refractivity contribution in [3.63, 3.8) is 0 Å². The Balaban J connectivity index is 2.15. The van der Waals surface area contributed by atoms with E-state index in [1.165, 1.54) is 0 Å². The molecule has 1 atom stereocenters. The van der Waals surface area contributed by atoms with E-state index in [4.69, 9.17) is 33.0 Å². The van der Waals surface area contributed by atoms with Crippen LogP contribution in [0.4, 0.5) is 0 Å². The average Bonchev–Trinajstić information content (AvgIpc) is 2.88. The van der Waals surface area contributed by atoms with Crippen molar-refractivity contribution in [2.75, 3.05) is 0 Å². The Bertz CT molecular complexity index is 741. The van der Waals surface area contributed by atoms with Crippen LogP contribution in [0.1, 0.15) is 11.1 Å². The monoisotopic (exact) mass is 322 g/mol. The van der Waals surface area contributed by atoms with Crippen molar-refractivity contribution >= 4 is 29.2 Å². The van der Waals surface area contributed by atoms with Gasteiger partial charge in [0.1, 0.15) is 10.8 Å². The number of hydrogen-bond donors (Lipinski definition) is 1. The van der Waals surface area contributed by atoms with E-state index in [2.05, 4.69) is 0 Å². The summed E-state index contributed by atoms with van der Waals surface area (Å²) in [5, 5.41) is 9.73. The molecule has 3 rings (SSSR count). The highest BCUT2D eigenvalue weighted by molar-refractivity contribution is 6.44. The number of ether oxygens (including phenoxy) is 1. The Morgan fingerprint density at radius 3 is 2.62 bits per heavy atom. The zero-order valence-corrected chi connectivity index (χ0v) is 12.7. The van der Waals surface area contributed by atoms with E-state index in [1.54, 1.807) is 0 Å². The van der Waals surface area contributed by atoms with E-state index in [-0.39, 0.29) is 5.02 Å². The molecule has 21 heavy (non-hydrogen) atoms. The van der Waals surface area contributed by atoms with Gasteiger partial charge in [-0.15, -0.1) is 0 Å². The number of aliphatic carboxylic acids is 1. The lowest BCUT2D eigenvalue weighted by molar-refractivity contribution is -0.144. The first-order chi connectivity index (χ1) is 9.99. The molecule has 1 aliphatic heterocycles. The van der Waals surface area contributed by atoms with Gasteiger partial charge in [0.25, 0.3) is 0 Å². The molecule has 1 aliphatic rings. The van der Waals surface area contributed by atoms with Crippen molar-refractivity contribution in [3.05, 3.63) is 51.5 Å². The second-order valence-electron chi connectivity index (χ2n) is 5.00. The van der Waals surface area contributed by atoms with Crippen molar-refractivity contribution in [2.24, 2.45) is 0 Å². The van der Waals surface area contributed by atoms with E-state index in [0.29, 0.717) is 17.2 Å². The van der Waals surface area contributed by atoms with Gasteiger partial charge in [-0.1, -0.05) is 47.5 Å². The van der Waals surface area contributed by atoms with E-state index in [9.17, 15) is 4.79 Å². The Morgan fingerprint density at radius 1 is 1.24 bits per heavy atom. The van der Waals surface area contributed by atoms with Gasteiger partial charge in [0.05, 0.1) is 5.02 Å². The molecule has 0 aliphatic carbocycles. The summed E-state index contributed by atoms with van der Waals surface area (Å²) in [5.41, 5.74) is 3.62. The highest BCUT2D eigenvalue weighted by atomic mass is 35.5. The van der Waals surface area contributed by atoms with Gasteiger partial charge in [0.2, 0.25) is 0 Å². The van der Waals surface area contributed by atoms with Gasteiger partial charge >= 0.3 is 5.97 Å². The number of aryl methyl sites for hydroxylation is 1. The summed E-state index contributed by atoms with van der Waals surface area (Å²) in [6.45, 7) is 1.99. The molecule has 2 aromatic rings. The molecule has 0 bridgehead atoms. The summed E-state index contributed by atoms with van der Waals surface area (Å²) in [6, 6.07) is 9.70. The normalized spacial score (nSPS) is 16.4. The second kappa shape index (κ2) is 5.24. The largest absolute Gasteiger partial charge is 0.478 e. The summed E-state index contributed by atoms with van der Waals surface area (Å²) >= 11 is 12.6. The number of carboxylic acids is 1. The van der Waals surface area contributed by atoms with Gasteiger partial charge in [-0.2, -0.15) is 0 Å². The van der Waals surface area contributed by atoms with Crippen LogP contribution < -0.4 is 4.74 Å². The molecule has 0 radical (unpaired) electrons. The maximum absolute atomic E-state index is 11.1. The molecule has 0 saturated carbocycles. The molecule has 1 N–H and O–H groups in total. The molecule has 0 fully saturated rings. The van der Waals surface area contributed by atoms with Crippen molar-refractivity contribution in [3.8, 4) is 16.9 Å². The first kappa shape index (κ1) is 14.2. The smallest absolute Gasteiger partial charge is 0.345 e. The lowest BCUT2D eigenvalue weighted by Gasteiger charge is -2.12. The highest BCUT2D eigenvalue weighted by Crippen LogP contribution is 2.46. The molecule has 0 aromatic heterocycles. The molecule has 0 saturated heterocycles. The zero-order chi connectivity index (χ0) is 15.1. The molecular formula is C16H12Cl2O3. The summed E-state index contributed by atoms with van der Waals surface area (Å²) in [5.74, 6) is -0.623. The predicted molar refractivity (Wildman–Crippen MR) is 82.4 cm³/mol. The van der Waals surface area contributed by atoms with Gasteiger partial charge in [-0.05, 0) is 24.1 Å². The minimum atomic E-state index is -1.00. The van der Waals surface area contributed by atoms with Crippen LogP contribution in [0.3, 0.4) is 0 Å². The third-order valence-corrected chi connectivity index (χ3v) is 4.46. The van der Waals surface area contributed by atoms with E-state index >= 15 is 0 Å². The zero-order valence-electron chi connectivity index (χ0n) is 11.2. The maximum atomic E-state index is 11.1. The number of halogens is 2. The van der Waals surface area contributed by atoms with Crippen molar-refractivity contribution < 1.29 is 14.6 Å². The van der Waals surface area contributed by atoms with Crippen LogP contribution in [0.5, 0.6) is 5.75 Å². The van der Waals surface area contributed by atoms with Crippen LogP contribution in [0.2, 0.25) is 10.0 Å². The van der Waals surface area contributed by atoms with Gasteiger partial charge < -0.3 is 9.84 Å². The number of benzene rings is 2. The van der Waals surface area contributed by atoms with Crippen molar-refractivity contribution in [1.29, 1.82) is 0 Å². The quantitative estimate of drug-likeness (QED) is 0.893. The van der Waals surface area contributed by atoms with Crippen LogP contribution >= 0.6 is 23.2 Å². The van der Waals surface area contributed by atoms with Crippen LogP contribution in [0.15, 0.2) is 30.3 Å². The third-order valence-electron chi connectivity index (χ3n) is 3.61. The van der Waals surface area contributed by atoms with Crippen LogP contribution in [0.25, 0.3) is 11.1 Å². The summed E-state index contributed by atoms with van der Waals surface area (Å²) < 4.78 is 5.39. The number of fused-ring (bicyclic) bond motifs is 1. The van der Waals surface area contributed by atoms with E-state index < -0.39 is 12.1 Å². The standard InChI is InChI=1S/C16H12Cl2O3/c1-8-4-2-3-5-10(8)11-6-9-7-12(16(19)20)21-15(9)14(18)13(11)17/h2-6,12H,7H2,1H3,(H,19,20). The fraction of sp³-hybridized carbons (Fsp3) is 0.188. The van der Waals surface area contributed by atoms with Crippen LogP contribution in [-0.2, 0) is 11.2 Å². The van der Waals surface area contributed by atoms with Crippen LogP contribution in [0, 0.1) is 6.92 Å². The third kappa shape index (κ3) is 2.37. The molecule has 2 aromatic carbocycles. The molecular weight excluding hydrogens is 311 g/mol. The lowest BCUT2D eigenvalue weighted by atomic mass is 9.97. The summed E-state index contributed by atoms with van der Waals surface area (Å²) in [4.78, 5) is 11.1. The maximum Gasteiger partial charge on any atom is 0.345 e. The Kier molecular flexibility index (Phi) is 3.56. The van der Waals surface area contributed by atoms with Gasteiger partial charge in [-0.3, -0.25) is 0 Å². The Hall–Kier alpha value is -1.71. The van der Waals surface area contributed by atoms with Crippen molar-refractivity contribution in [2.45, 2.75) is 19.4 Å². The van der Waals surface area contributed by atoms with E-state index in [1.807, 2.05) is 37.3 Å². The number of carboxylic acid groups (broad SMARTS) is 1. The Labute approximate surface area is 132 Å². The molecule has 1 heterocycles. The topological polar surface area (TPSA) is 46.5 Å². The molecule has 1 unspecified atom stereocenters. The minimum absolute atomic E-state index is 0.274. The Morgan fingerprint density at radius 2 is 1.95 bits per heavy atom. The SMILES string of the molecule is Cc1ccccc1-c1cc2c(c(Cl)c1Cl)OC(C(=O)O)C2. The highest BCUT2D eigenvalue weighted by Gasteiger charge is 2.32. The molecule has 0 amide bonds. The first-order valence-electron chi connectivity index (χ1n) is 6.45. The average molecular weight is 323 g/mol. The van der Waals surface area contributed by atoms with E-state index in [0.717, 1.165) is 22.3 Å². The fourth-order valence-corrected chi connectivity index (χ4v) is 3.04. The second-order valence-corrected chi connectivity index (χ2v) is 5.76. The van der Waals surface area contributed by atoms with Gasteiger partial charge in [-0.25, -0.2) is 4.79 Å². The fourth-order valence-electron chi connectivity index (χ4n) is 2.53. The van der Waals surface area contributed by atoms with Gasteiger partial charge in [0.15, 0.2) is 6.10 Å². The number of rotatable bonds is 2. The van der Waals surface area contributed by atoms with Crippen LogP contribution in [-0.4, -0.2) is 17.2 Å². The minimum Gasteiger partial charge on any atom is -0.478 e. The first-order valence-corrected chi connectivity index (χ1v) is 7.21. The van der Waals surface area contributed by atoms with Crippen molar-refractivity contribution in [1.82, 2.24) is 0 Å². The number of hydrogen-bond acceptors (Lipinski definition) is 2. The summed E-state index contributed by atoms with van der Waals surface area (Å²) in [7, 11) is 0. The summed E-state index contributed by atoms with van der Waals surface area (Å²) in [6.07, 6.45) is -0.610. The lowest BCUT2D eigenvalue weighted by Crippen LogP contribution is -2.24. The molecule has 108 valence electrons. The molecule has 0 spiro atoms. The number of carbonyl (C=O) groups is 1. The molecule has 5 heteroatoms. The molecule has 3 nitrogen and oxygen atoms in total.